The lowest BCUT2D eigenvalue weighted by molar-refractivity contribution is -0.148. The van der Waals surface area contributed by atoms with Crippen LogP contribution in [0.5, 0.6) is 0 Å². The van der Waals surface area contributed by atoms with Gasteiger partial charge in [-0.05, 0) is 67.3 Å². The number of nitrogens with one attached hydrogen (secondary N) is 1. The van der Waals surface area contributed by atoms with Crippen molar-refractivity contribution in [3.8, 4) is 0 Å². The predicted octanol–water partition coefficient (Wildman–Crippen LogP) is 5.56. The summed E-state index contributed by atoms with van der Waals surface area (Å²) in [4.78, 5) is 48.1. The summed E-state index contributed by atoms with van der Waals surface area (Å²) in [7, 11) is 1.72. The first kappa shape index (κ1) is 31.3. The van der Waals surface area contributed by atoms with Gasteiger partial charge in [-0.3, -0.25) is 19.8 Å². The number of carbonyl (C=O) groups excluding carboxylic acids is 3. The molecule has 1 atom stereocenters. The number of amides is 2. The fourth-order valence-corrected chi connectivity index (χ4v) is 5.74. The highest BCUT2D eigenvalue weighted by Crippen LogP contribution is 2.31. The Morgan fingerprint density at radius 2 is 1.68 bits per heavy atom. The summed E-state index contributed by atoms with van der Waals surface area (Å²) in [6, 6.07) is 33.4. The first-order valence-electron chi connectivity index (χ1n) is 15.7. The molecule has 0 aliphatic carbocycles. The summed E-state index contributed by atoms with van der Waals surface area (Å²) in [5.74, 6) is -0.207. The van der Waals surface area contributed by atoms with Gasteiger partial charge in [0, 0.05) is 42.4 Å². The molecule has 0 spiro atoms. The Hall–Kier alpha value is -5.64. The van der Waals surface area contributed by atoms with Crippen molar-refractivity contribution in [3.63, 3.8) is 0 Å². The maximum absolute atomic E-state index is 13.6. The Labute approximate surface area is 274 Å². The first-order chi connectivity index (χ1) is 22.9. The van der Waals surface area contributed by atoms with Gasteiger partial charge in [-0.25, -0.2) is 5.01 Å². The normalized spacial score (nSPS) is 15.6. The third-order valence-electron chi connectivity index (χ3n) is 8.29. The standard InChI is InChI=1S/C37H37N5O5/c1-3-46-34(44)25-42-33(43)21-18-27-14-15-30(24-32(27)38-42)36(45)40(2)31-19-16-28(17-20-31)35-39-47-37(29-12-8-5-9-13-29)41(35)23-22-26-10-6-4-7-11-26/h4-17,19-20,24,37-38H,3,18,21-23,25H2,1-2H3. The number of hydrogen-bond acceptors (Lipinski definition) is 8. The Balaban J connectivity index is 1.18. The van der Waals surface area contributed by atoms with Gasteiger partial charge < -0.3 is 19.4 Å². The van der Waals surface area contributed by atoms with Crippen molar-refractivity contribution >= 4 is 35.0 Å². The van der Waals surface area contributed by atoms with Crippen LogP contribution < -0.4 is 10.3 Å². The van der Waals surface area contributed by atoms with Crippen molar-refractivity contribution in [2.24, 2.45) is 5.16 Å². The van der Waals surface area contributed by atoms with E-state index in [1.54, 1.807) is 31.0 Å². The monoisotopic (exact) mass is 631 g/mol. The zero-order valence-corrected chi connectivity index (χ0v) is 26.5. The van der Waals surface area contributed by atoms with Gasteiger partial charge >= 0.3 is 5.97 Å². The average molecular weight is 632 g/mol. The summed E-state index contributed by atoms with van der Waals surface area (Å²) in [5, 5.41) is 5.75. The molecule has 0 bridgehead atoms. The summed E-state index contributed by atoms with van der Waals surface area (Å²) in [6.07, 6.45) is 1.22. The third-order valence-corrected chi connectivity index (χ3v) is 8.29. The van der Waals surface area contributed by atoms with Gasteiger partial charge in [-0.1, -0.05) is 71.9 Å². The highest BCUT2D eigenvalue weighted by molar-refractivity contribution is 6.07. The van der Waals surface area contributed by atoms with Crippen molar-refractivity contribution in [2.75, 3.05) is 37.1 Å². The number of rotatable bonds is 10. The number of amidine groups is 1. The lowest BCUT2D eigenvalue weighted by Crippen LogP contribution is -2.39. The molecule has 0 saturated heterocycles. The predicted molar refractivity (Wildman–Crippen MR) is 180 cm³/mol. The van der Waals surface area contributed by atoms with Gasteiger partial charge in [0.2, 0.25) is 12.1 Å². The number of fused-ring (bicyclic) bond motifs is 1. The van der Waals surface area contributed by atoms with Crippen molar-refractivity contribution in [1.29, 1.82) is 0 Å². The van der Waals surface area contributed by atoms with Crippen LogP contribution in [0.25, 0.3) is 0 Å². The zero-order chi connectivity index (χ0) is 32.8. The van der Waals surface area contributed by atoms with Crippen LogP contribution in [0.4, 0.5) is 11.4 Å². The molecule has 0 fully saturated rings. The van der Waals surface area contributed by atoms with E-state index < -0.39 is 5.97 Å². The molecular formula is C37H37N5O5. The van der Waals surface area contributed by atoms with E-state index in [-0.39, 0.29) is 37.6 Å². The van der Waals surface area contributed by atoms with Crippen LogP contribution in [0.1, 0.15) is 52.2 Å². The quantitative estimate of drug-likeness (QED) is 0.229. The second-order valence-corrected chi connectivity index (χ2v) is 11.4. The van der Waals surface area contributed by atoms with E-state index in [1.807, 2.05) is 78.9 Å². The largest absolute Gasteiger partial charge is 0.465 e. The Morgan fingerprint density at radius 1 is 0.957 bits per heavy atom. The summed E-state index contributed by atoms with van der Waals surface area (Å²) >= 11 is 0. The number of nitrogens with zero attached hydrogens (tertiary/aromatic N) is 4. The molecule has 1 N–H and O–H groups in total. The van der Waals surface area contributed by atoms with Crippen LogP contribution in [0.2, 0.25) is 0 Å². The number of hydrazine groups is 1. The molecular weight excluding hydrogens is 594 g/mol. The van der Waals surface area contributed by atoms with Gasteiger partial charge in [0.15, 0.2) is 5.84 Å². The van der Waals surface area contributed by atoms with E-state index in [0.717, 1.165) is 28.9 Å². The van der Waals surface area contributed by atoms with Gasteiger partial charge in [-0.15, -0.1) is 0 Å². The second kappa shape index (κ2) is 14.2. The second-order valence-electron chi connectivity index (χ2n) is 11.4. The van der Waals surface area contributed by atoms with Crippen molar-refractivity contribution in [1.82, 2.24) is 9.91 Å². The number of ether oxygens (including phenoxy) is 1. The molecule has 47 heavy (non-hydrogen) atoms. The SMILES string of the molecule is CCOC(=O)CN1Nc2cc(C(=O)N(C)c3ccc(C4=NOC(c5ccccc5)N4CCc4ccccc4)cc3)ccc2CCC1=O. The lowest BCUT2D eigenvalue weighted by atomic mass is 10.0. The number of esters is 1. The van der Waals surface area contributed by atoms with E-state index in [0.29, 0.717) is 29.9 Å². The maximum atomic E-state index is 13.6. The molecule has 4 aromatic rings. The molecule has 1 unspecified atom stereocenters. The number of benzene rings is 4. The molecule has 0 saturated carbocycles. The average Bonchev–Trinajstić information content (AvgIpc) is 3.47. The lowest BCUT2D eigenvalue weighted by Gasteiger charge is -2.26. The third kappa shape index (κ3) is 7.12. The van der Waals surface area contributed by atoms with Crippen molar-refractivity contribution < 1.29 is 24.0 Å². The highest BCUT2D eigenvalue weighted by Gasteiger charge is 2.32. The highest BCUT2D eigenvalue weighted by atomic mass is 16.7. The molecule has 10 nitrogen and oxygen atoms in total. The maximum Gasteiger partial charge on any atom is 0.327 e. The fourth-order valence-electron chi connectivity index (χ4n) is 5.74. The van der Waals surface area contributed by atoms with Crippen LogP contribution in [0.3, 0.4) is 0 Å². The first-order valence-corrected chi connectivity index (χ1v) is 15.7. The van der Waals surface area contributed by atoms with E-state index in [2.05, 4.69) is 27.6 Å². The van der Waals surface area contributed by atoms with Gasteiger partial charge in [0.05, 0.1) is 12.3 Å². The molecule has 2 heterocycles. The minimum Gasteiger partial charge on any atom is -0.465 e. The smallest absolute Gasteiger partial charge is 0.327 e. The molecule has 0 aromatic heterocycles. The number of anilines is 2. The fraction of sp³-hybridized carbons (Fsp3) is 0.243. The van der Waals surface area contributed by atoms with Crippen molar-refractivity contribution in [3.05, 3.63) is 131 Å². The molecule has 2 amide bonds. The number of carbonyl (C=O) groups is 3. The summed E-state index contributed by atoms with van der Waals surface area (Å²) < 4.78 is 5.02. The van der Waals surface area contributed by atoms with Crippen LogP contribution in [0.15, 0.2) is 108 Å². The minimum atomic E-state index is -0.503. The van der Waals surface area contributed by atoms with Crippen LogP contribution >= 0.6 is 0 Å². The summed E-state index contributed by atoms with van der Waals surface area (Å²) in [6.45, 7) is 2.43. The zero-order valence-electron chi connectivity index (χ0n) is 26.5. The molecule has 0 radical (unpaired) electrons. The topological polar surface area (TPSA) is 104 Å². The Kier molecular flexibility index (Phi) is 9.47. The number of hydrogen-bond donors (Lipinski definition) is 1. The van der Waals surface area contributed by atoms with Crippen molar-refractivity contribution in [2.45, 2.75) is 32.4 Å². The molecule has 2 aliphatic rings. The van der Waals surface area contributed by atoms with Crippen LogP contribution in [-0.4, -0.2) is 60.3 Å². The van der Waals surface area contributed by atoms with E-state index in [1.165, 1.54) is 10.6 Å². The van der Waals surface area contributed by atoms with Crippen LogP contribution in [-0.2, 0) is 32.0 Å². The molecule has 10 heteroatoms. The van der Waals surface area contributed by atoms with E-state index in [4.69, 9.17) is 9.57 Å². The molecule has 4 aromatic carbocycles. The Bertz CT molecular complexity index is 1760. The van der Waals surface area contributed by atoms with Gasteiger partial charge in [-0.2, -0.15) is 0 Å². The molecule has 2 aliphatic heterocycles. The molecule has 240 valence electrons. The number of oxime groups is 1. The van der Waals surface area contributed by atoms with Crippen LogP contribution in [0, 0.1) is 0 Å². The van der Waals surface area contributed by atoms with E-state index >= 15 is 0 Å². The van der Waals surface area contributed by atoms with Gasteiger partial charge in [0.25, 0.3) is 5.91 Å². The summed E-state index contributed by atoms with van der Waals surface area (Å²) in [5.41, 5.74) is 8.80. The molecule has 6 rings (SSSR count). The van der Waals surface area contributed by atoms with Gasteiger partial charge in [0.1, 0.15) is 6.54 Å². The Morgan fingerprint density at radius 3 is 2.40 bits per heavy atom. The van der Waals surface area contributed by atoms with E-state index in [9.17, 15) is 14.4 Å². The minimum absolute atomic E-state index is 0.217. The number of aryl methyl sites for hydroxylation is 1.